The Balaban J connectivity index is 1.99. The summed E-state index contributed by atoms with van der Waals surface area (Å²) >= 11 is 0. The largest absolute Gasteiger partial charge is 0.493 e. The van der Waals surface area contributed by atoms with Crippen LogP contribution in [0.4, 0.5) is 0 Å². The van der Waals surface area contributed by atoms with Crippen LogP contribution in [0.2, 0.25) is 0 Å². The summed E-state index contributed by atoms with van der Waals surface area (Å²) in [5.74, 6) is 1.20. The third-order valence-electron chi connectivity index (χ3n) is 4.50. The minimum atomic E-state index is -0.571. The molecule has 2 rings (SSSR count). The molecule has 0 unspecified atom stereocenters. The highest BCUT2D eigenvalue weighted by Gasteiger charge is 2.24. The summed E-state index contributed by atoms with van der Waals surface area (Å²) < 4.78 is 10.6. The number of methoxy groups -OCH3 is 2. The minimum Gasteiger partial charge on any atom is -0.493 e. The lowest BCUT2D eigenvalue weighted by atomic mass is 9.84. The minimum absolute atomic E-state index is 0.151. The van der Waals surface area contributed by atoms with E-state index >= 15 is 0 Å². The SMILES string of the molecule is COc1ccc(C(C)(C)CNC(=O)[C@@H](N)Cc2ccccc2)cc1OC. The highest BCUT2D eigenvalue weighted by Crippen LogP contribution is 2.32. The van der Waals surface area contributed by atoms with Gasteiger partial charge in [-0.1, -0.05) is 50.2 Å². The van der Waals surface area contributed by atoms with Crippen LogP contribution < -0.4 is 20.5 Å². The Labute approximate surface area is 155 Å². The van der Waals surface area contributed by atoms with Crippen molar-refractivity contribution in [1.82, 2.24) is 5.32 Å². The number of hydrogen-bond acceptors (Lipinski definition) is 4. The molecule has 140 valence electrons. The molecule has 5 heteroatoms. The van der Waals surface area contributed by atoms with Crippen molar-refractivity contribution in [3.63, 3.8) is 0 Å². The summed E-state index contributed by atoms with van der Waals surface area (Å²) in [6.45, 7) is 4.61. The van der Waals surface area contributed by atoms with Crippen LogP contribution in [0.15, 0.2) is 48.5 Å². The van der Waals surface area contributed by atoms with Gasteiger partial charge < -0.3 is 20.5 Å². The normalized spacial score (nSPS) is 12.3. The first kappa shape index (κ1) is 19.8. The Morgan fingerprint density at radius 2 is 1.73 bits per heavy atom. The number of rotatable bonds is 8. The number of benzene rings is 2. The number of carbonyl (C=O) groups excluding carboxylic acids is 1. The molecule has 0 aliphatic heterocycles. The van der Waals surface area contributed by atoms with Gasteiger partial charge in [0.1, 0.15) is 0 Å². The van der Waals surface area contributed by atoms with Crippen LogP contribution in [0, 0.1) is 0 Å². The first-order chi connectivity index (χ1) is 12.4. The third kappa shape index (κ3) is 4.99. The Morgan fingerprint density at radius 3 is 2.35 bits per heavy atom. The maximum Gasteiger partial charge on any atom is 0.237 e. The van der Waals surface area contributed by atoms with Crippen molar-refractivity contribution in [2.45, 2.75) is 31.7 Å². The monoisotopic (exact) mass is 356 g/mol. The fourth-order valence-corrected chi connectivity index (χ4v) is 2.76. The summed E-state index contributed by atoms with van der Waals surface area (Å²) in [6, 6.07) is 15.0. The van der Waals surface area contributed by atoms with Crippen molar-refractivity contribution < 1.29 is 14.3 Å². The van der Waals surface area contributed by atoms with Crippen molar-refractivity contribution in [3.8, 4) is 11.5 Å². The molecule has 0 radical (unpaired) electrons. The third-order valence-corrected chi connectivity index (χ3v) is 4.50. The van der Waals surface area contributed by atoms with Gasteiger partial charge in [-0.05, 0) is 29.7 Å². The molecule has 1 atom stereocenters. The van der Waals surface area contributed by atoms with Crippen LogP contribution in [-0.2, 0) is 16.6 Å². The number of amides is 1. The quantitative estimate of drug-likeness (QED) is 0.763. The van der Waals surface area contributed by atoms with Gasteiger partial charge >= 0.3 is 0 Å². The molecule has 26 heavy (non-hydrogen) atoms. The second kappa shape index (κ2) is 8.72. The molecule has 0 aliphatic carbocycles. The molecule has 1 amide bonds. The van der Waals surface area contributed by atoms with Gasteiger partial charge in [0, 0.05) is 12.0 Å². The molecule has 0 bridgehead atoms. The molecule has 0 spiro atoms. The molecule has 0 fully saturated rings. The van der Waals surface area contributed by atoms with E-state index in [0.29, 0.717) is 24.5 Å². The van der Waals surface area contributed by atoms with Gasteiger partial charge in [0.25, 0.3) is 0 Å². The average molecular weight is 356 g/mol. The van der Waals surface area contributed by atoms with E-state index in [2.05, 4.69) is 19.2 Å². The topological polar surface area (TPSA) is 73.6 Å². The second-order valence-electron chi connectivity index (χ2n) is 6.97. The molecular formula is C21H28N2O3. The number of hydrogen-bond donors (Lipinski definition) is 2. The average Bonchev–Trinajstić information content (AvgIpc) is 2.66. The lowest BCUT2D eigenvalue weighted by Gasteiger charge is -2.27. The molecule has 3 N–H and O–H groups in total. The van der Waals surface area contributed by atoms with Crippen LogP contribution in [0.5, 0.6) is 11.5 Å². The number of nitrogens with one attached hydrogen (secondary N) is 1. The van der Waals surface area contributed by atoms with Crippen molar-refractivity contribution in [2.24, 2.45) is 5.73 Å². The van der Waals surface area contributed by atoms with Gasteiger partial charge in [-0.25, -0.2) is 0 Å². The lowest BCUT2D eigenvalue weighted by molar-refractivity contribution is -0.122. The van der Waals surface area contributed by atoms with E-state index in [4.69, 9.17) is 15.2 Å². The van der Waals surface area contributed by atoms with Crippen molar-refractivity contribution in [3.05, 3.63) is 59.7 Å². The molecule has 0 aromatic heterocycles. The summed E-state index contributed by atoms with van der Waals surface area (Å²) in [7, 11) is 3.22. The Hall–Kier alpha value is -2.53. The van der Waals surface area contributed by atoms with Crippen LogP contribution in [0.25, 0.3) is 0 Å². The van der Waals surface area contributed by atoms with Gasteiger partial charge in [0.05, 0.1) is 20.3 Å². The smallest absolute Gasteiger partial charge is 0.237 e. The zero-order valence-corrected chi connectivity index (χ0v) is 15.9. The van der Waals surface area contributed by atoms with Crippen LogP contribution in [0.3, 0.4) is 0 Å². The van der Waals surface area contributed by atoms with E-state index in [-0.39, 0.29) is 11.3 Å². The molecule has 0 aliphatic rings. The Kier molecular flexibility index (Phi) is 6.64. The van der Waals surface area contributed by atoms with E-state index in [1.807, 2.05) is 48.5 Å². The van der Waals surface area contributed by atoms with Gasteiger partial charge in [0.2, 0.25) is 5.91 Å². The van der Waals surface area contributed by atoms with Crippen LogP contribution in [0.1, 0.15) is 25.0 Å². The molecule has 0 saturated heterocycles. The van der Waals surface area contributed by atoms with Crippen molar-refractivity contribution in [1.29, 1.82) is 0 Å². The van der Waals surface area contributed by atoms with Gasteiger partial charge in [-0.2, -0.15) is 0 Å². The molecule has 0 saturated carbocycles. The Bertz CT molecular complexity index is 729. The molecule has 2 aromatic carbocycles. The zero-order valence-electron chi connectivity index (χ0n) is 15.9. The van der Waals surface area contributed by atoms with Crippen molar-refractivity contribution in [2.75, 3.05) is 20.8 Å². The maximum absolute atomic E-state index is 12.4. The van der Waals surface area contributed by atoms with Crippen LogP contribution >= 0.6 is 0 Å². The second-order valence-corrected chi connectivity index (χ2v) is 6.97. The Morgan fingerprint density at radius 1 is 1.08 bits per heavy atom. The molecular weight excluding hydrogens is 328 g/mol. The molecule has 5 nitrogen and oxygen atoms in total. The number of nitrogens with two attached hydrogens (primary N) is 1. The van der Waals surface area contributed by atoms with E-state index in [0.717, 1.165) is 11.1 Å². The van der Waals surface area contributed by atoms with Gasteiger partial charge in [-0.15, -0.1) is 0 Å². The van der Waals surface area contributed by atoms with E-state index in [1.165, 1.54) is 0 Å². The fourth-order valence-electron chi connectivity index (χ4n) is 2.76. The molecule has 2 aromatic rings. The van der Waals surface area contributed by atoms with E-state index in [1.54, 1.807) is 14.2 Å². The van der Waals surface area contributed by atoms with Crippen molar-refractivity contribution >= 4 is 5.91 Å². The predicted octanol–water partition coefficient (Wildman–Crippen LogP) is 2.67. The number of carbonyl (C=O) groups is 1. The van der Waals surface area contributed by atoms with Crippen LogP contribution in [-0.4, -0.2) is 32.7 Å². The molecule has 0 heterocycles. The summed E-state index contributed by atoms with van der Waals surface area (Å²) in [6.07, 6.45) is 0.517. The fraction of sp³-hybridized carbons (Fsp3) is 0.381. The van der Waals surface area contributed by atoms with Gasteiger partial charge in [0.15, 0.2) is 11.5 Å². The maximum atomic E-state index is 12.4. The first-order valence-corrected chi connectivity index (χ1v) is 8.67. The summed E-state index contributed by atoms with van der Waals surface area (Å²) in [5, 5.41) is 2.97. The highest BCUT2D eigenvalue weighted by molar-refractivity contribution is 5.81. The van der Waals surface area contributed by atoms with E-state index in [9.17, 15) is 4.79 Å². The lowest BCUT2D eigenvalue weighted by Crippen LogP contribution is -2.46. The number of ether oxygens (including phenoxy) is 2. The van der Waals surface area contributed by atoms with Gasteiger partial charge in [-0.3, -0.25) is 4.79 Å². The summed E-state index contributed by atoms with van der Waals surface area (Å²) in [4.78, 5) is 12.4. The highest BCUT2D eigenvalue weighted by atomic mass is 16.5. The zero-order chi connectivity index (χ0) is 19.2. The standard InChI is InChI=1S/C21H28N2O3/c1-21(2,16-10-11-18(25-3)19(13-16)26-4)14-23-20(24)17(22)12-15-8-6-5-7-9-15/h5-11,13,17H,12,14,22H2,1-4H3,(H,23,24)/t17-/m0/s1. The summed E-state index contributed by atoms with van der Waals surface area (Å²) in [5.41, 5.74) is 7.87. The predicted molar refractivity (Wildman–Crippen MR) is 104 cm³/mol. The first-order valence-electron chi connectivity index (χ1n) is 8.67. The van der Waals surface area contributed by atoms with E-state index < -0.39 is 6.04 Å².